The molecule has 0 radical (unpaired) electrons. The molecule has 0 fully saturated rings. The number of nitrogens with zero attached hydrogens (tertiary/aromatic N) is 1. The summed E-state index contributed by atoms with van der Waals surface area (Å²) in [6.07, 6.45) is 1.95. The highest BCUT2D eigenvalue weighted by atomic mass is 32.1. The van der Waals surface area contributed by atoms with Crippen molar-refractivity contribution < 1.29 is 0 Å². The Kier molecular flexibility index (Phi) is 2.30. The fourth-order valence-electron chi connectivity index (χ4n) is 2.20. The molecule has 2 N–H and O–H groups in total. The van der Waals surface area contributed by atoms with E-state index in [1.807, 2.05) is 11.3 Å². The van der Waals surface area contributed by atoms with Crippen molar-refractivity contribution in [1.82, 2.24) is 4.98 Å². The molecule has 0 spiro atoms. The maximum absolute atomic E-state index is 5.56. The first-order chi connectivity index (χ1) is 7.78. The van der Waals surface area contributed by atoms with Gasteiger partial charge in [-0.05, 0) is 25.1 Å². The minimum Gasteiger partial charge on any atom is -0.330 e. The quantitative estimate of drug-likeness (QED) is 0.734. The van der Waals surface area contributed by atoms with Crippen LogP contribution in [0, 0.1) is 6.92 Å². The molecule has 1 aromatic carbocycles. The number of thiazole rings is 1. The Hall–Kier alpha value is -1.19. The lowest BCUT2D eigenvalue weighted by atomic mass is 10.1. The Morgan fingerprint density at radius 1 is 1.44 bits per heavy atom. The average molecular weight is 230 g/mol. The van der Waals surface area contributed by atoms with E-state index in [2.05, 4.69) is 25.1 Å². The second-order valence-electron chi connectivity index (χ2n) is 4.26. The van der Waals surface area contributed by atoms with E-state index < -0.39 is 0 Å². The summed E-state index contributed by atoms with van der Waals surface area (Å²) in [7, 11) is 0. The minimum absolute atomic E-state index is 0.688. The Morgan fingerprint density at radius 2 is 2.31 bits per heavy atom. The summed E-state index contributed by atoms with van der Waals surface area (Å²) in [4.78, 5) is 6.11. The lowest BCUT2D eigenvalue weighted by Gasteiger charge is -2.00. The summed E-state index contributed by atoms with van der Waals surface area (Å²) >= 11 is 1.82. The lowest BCUT2D eigenvalue weighted by molar-refractivity contribution is 0.954. The highest BCUT2D eigenvalue weighted by molar-refractivity contribution is 7.12. The molecule has 1 heterocycles. The number of hydrogen-bond acceptors (Lipinski definition) is 3. The highest BCUT2D eigenvalue weighted by Gasteiger charge is 2.22. The standard InChI is InChI=1S/C13H14N2S/c1-8-2-3-9-7-11-13(10(9)6-8)15-12(16-11)4-5-14/h2-3,6H,4-5,7,14H2,1H3. The van der Waals surface area contributed by atoms with Gasteiger partial charge >= 0.3 is 0 Å². The van der Waals surface area contributed by atoms with Crippen molar-refractivity contribution in [3.63, 3.8) is 0 Å². The van der Waals surface area contributed by atoms with E-state index in [1.54, 1.807) is 0 Å². The molecule has 3 heteroatoms. The molecule has 0 unspecified atom stereocenters. The van der Waals surface area contributed by atoms with E-state index >= 15 is 0 Å². The fraction of sp³-hybridized carbons (Fsp3) is 0.308. The molecule has 82 valence electrons. The average Bonchev–Trinajstić information content (AvgIpc) is 2.76. The van der Waals surface area contributed by atoms with E-state index in [0.717, 1.165) is 12.8 Å². The maximum Gasteiger partial charge on any atom is 0.0948 e. The summed E-state index contributed by atoms with van der Waals surface area (Å²) in [5, 5.41) is 1.18. The Balaban J connectivity index is 2.08. The van der Waals surface area contributed by atoms with Gasteiger partial charge in [-0.25, -0.2) is 4.98 Å². The van der Waals surface area contributed by atoms with Crippen LogP contribution >= 0.6 is 11.3 Å². The van der Waals surface area contributed by atoms with E-state index in [4.69, 9.17) is 10.7 Å². The number of nitrogens with two attached hydrogens (primary N) is 1. The zero-order valence-corrected chi connectivity index (χ0v) is 10.1. The van der Waals surface area contributed by atoms with Gasteiger partial charge in [-0.3, -0.25) is 0 Å². The number of rotatable bonds is 2. The molecular formula is C13H14N2S. The largest absolute Gasteiger partial charge is 0.330 e. The van der Waals surface area contributed by atoms with Crippen LogP contribution in [0.1, 0.15) is 21.0 Å². The summed E-state index contributed by atoms with van der Waals surface area (Å²) in [5.74, 6) is 0. The van der Waals surface area contributed by atoms with Crippen molar-refractivity contribution in [3.8, 4) is 11.3 Å². The van der Waals surface area contributed by atoms with E-state index in [9.17, 15) is 0 Å². The van der Waals surface area contributed by atoms with Crippen molar-refractivity contribution in [2.24, 2.45) is 5.73 Å². The normalized spacial score (nSPS) is 12.6. The fourth-order valence-corrected chi connectivity index (χ4v) is 3.32. The second-order valence-corrected chi connectivity index (χ2v) is 5.42. The van der Waals surface area contributed by atoms with Gasteiger partial charge in [0.25, 0.3) is 0 Å². The van der Waals surface area contributed by atoms with Crippen molar-refractivity contribution in [2.75, 3.05) is 6.54 Å². The smallest absolute Gasteiger partial charge is 0.0948 e. The van der Waals surface area contributed by atoms with Crippen LogP contribution in [0.15, 0.2) is 18.2 Å². The SMILES string of the molecule is Cc1ccc2c(c1)-c1nc(CCN)sc1C2. The summed E-state index contributed by atoms with van der Waals surface area (Å²) < 4.78 is 0. The molecule has 0 amide bonds. The molecule has 1 aliphatic rings. The van der Waals surface area contributed by atoms with Gasteiger partial charge in [0.05, 0.1) is 10.7 Å². The van der Waals surface area contributed by atoms with Crippen LogP contribution in [0.4, 0.5) is 0 Å². The van der Waals surface area contributed by atoms with Gasteiger partial charge in [0.15, 0.2) is 0 Å². The van der Waals surface area contributed by atoms with Gasteiger partial charge in [0, 0.05) is 23.3 Å². The number of benzene rings is 1. The van der Waals surface area contributed by atoms with Gasteiger partial charge in [-0.2, -0.15) is 0 Å². The molecular weight excluding hydrogens is 216 g/mol. The van der Waals surface area contributed by atoms with Crippen LogP contribution in [0.25, 0.3) is 11.3 Å². The van der Waals surface area contributed by atoms with Crippen molar-refractivity contribution in [3.05, 3.63) is 39.2 Å². The molecule has 2 aromatic rings. The van der Waals surface area contributed by atoms with Crippen LogP contribution in [0.3, 0.4) is 0 Å². The minimum atomic E-state index is 0.688. The molecule has 0 saturated heterocycles. The van der Waals surface area contributed by atoms with Gasteiger partial charge in [0.1, 0.15) is 0 Å². The molecule has 1 aliphatic carbocycles. The first-order valence-corrected chi connectivity index (χ1v) is 6.38. The van der Waals surface area contributed by atoms with Gasteiger partial charge in [-0.1, -0.05) is 17.7 Å². The molecule has 0 aliphatic heterocycles. The number of aromatic nitrogens is 1. The predicted octanol–water partition coefficient (Wildman–Crippen LogP) is 2.52. The predicted molar refractivity (Wildman–Crippen MR) is 67.9 cm³/mol. The molecule has 0 atom stereocenters. The molecule has 1 aromatic heterocycles. The van der Waals surface area contributed by atoms with Gasteiger partial charge in [-0.15, -0.1) is 11.3 Å². The van der Waals surface area contributed by atoms with Gasteiger partial charge < -0.3 is 5.73 Å². The van der Waals surface area contributed by atoms with Gasteiger partial charge in [0.2, 0.25) is 0 Å². The number of aryl methyl sites for hydroxylation is 1. The van der Waals surface area contributed by atoms with Crippen LogP contribution in [0.2, 0.25) is 0 Å². The third kappa shape index (κ3) is 1.47. The van der Waals surface area contributed by atoms with Crippen molar-refractivity contribution in [2.45, 2.75) is 19.8 Å². The van der Waals surface area contributed by atoms with Crippen LogP contribution in [0.5, 0.6) is 0 Å². The number of fused-ring (bicyclic) bond motifs is 3. The Morgan fingerprint density at radius 3 is 3.12 bits per heavy atom. The van der Waals surface area contributed by atoms with Crippen LogP contribution < -0.4 is 5.73 Å². The second kappa shape index (κ2) is 3.68. The highest BCUT2D eigenvalue weighted by Crippen LogP contribution is 2.39. The third-order valence-corrected chi connectivity index (χ3v) is 4.09. The summed E-state index contributed by atoms with van der Waals surface area (Å²) in [6.45, 7) is 2.82. The third-order valence-electron chi connectivity index (χ3n) is 2.97. The summed E-state index contributed by atoms with van der Waals surface area (Å²) in [6, 6.07) is 6.64. The van der Waals surface area contributed by atoms with Crippen LogP contribution in [-0.2, 0) is 12.8 Å². The van der Waals surface area contributed by atoms with E-state index in [-0.39, 0.29) is 0 Å². The summed E-state index contributed by atoms with van der Waals surface area (Å²) in [5.41, 5.74) is 10.8. The molecule has 0 bridgehead atoms. The zero-order valence-electron chi connectivity index (χ0n) is 9.29. The van der Waals surface area contributed by atoms with Crippen LogP contribution in [-0.4, -0.2) is 11.5 Å². The molecule has 3 rings (SSSR count). The topological polar surface area (TPSA) is 38.9 Å². The van der Waals surface area contributed by atoms with Crippen molar-refractivity contribution in [1.29, 1.82) is 0 Å². The Labute approximate surface area is 99.1 Å². The lowest BCUT2D eigenvalue weighted by Crippen LogP contribution is -2.02. The maximum atomic E-state index is 5.56. The van der Waals surface area contributed by atoms with E-state index in [1.165, 1.54) is 32.3 Å². The zero-order chi connectivity index (χ0) is 11.1. The first kappa shape index (κ1) is 10.00. The monoisotopic (exact) mass is 230 g/mol. The molecule has 2 nitrogen and oxygen atoms in total. The first-order valence-electron chi connectivity index (χ1n) is 5.56. The molecule has 16 heavy (non-hydrogen) atoms. The van der Waals surface area contributed by atoms with E-state index in [0.29, 0.717) is 6.54 Å². The van der Waals surface area contributed by atoms with Crippen molar-refractivity contribution >= 4 is 11.3 Å². The molecule has 0 saturated carbocycles. The number of hydrogen-bond donors (Lipinski definition) is 1. The Bertz CT molecular complexity index is 543.